The largest absolute Gasteiger partial charge is 0.481 e. The van der Waals surface area contributed by atoms with E-state index < -0.39 is 64.3 Å². The number of likely N-dealkylation sites (tertiary alicyclic amines) is 1. The lowest BCUT2D eigenvalue weighted by molar-refractivity contribution is -0.147. The molecule has 0 radical (unpaired) electrons. The van der Waals surface area contributed by atoms with Crippen LogP contribution in [0.25, 0.3) is 0 Å². The molecule has 186 valence electrons. The van der Waals surface area contributed by atoms with Crippen LogP contribution < -0.4 is 11.1 Å². The first kappa shape index (κ1) is 25.3. The van der Waals surface area contributed by atoms with Crippen molar-refractivity contribution in [3.63, 3.8) is 0 Å². The number of aliphatic carboxylic acids is 1. The molecule has 2 aliphatic heterocycles. The maximum Gasteiger partial charge on any atom is 0.362 e. The van der Waals surface area contributed by atoms with Gasteiger partial charge in [-0.15, -0.1) is 11.3 Å². The number of anilines is 1. The van der Waals surface area contributed by atoms with Crippen LogP contribution in [0.2, 0.25) is 0 Å². The maximum absolute atomic E-state index is 12.7. The van der Waals surface area contributed by atoms with Crippen molar-refractivity contribution < 1.29 is 42.1 Å². The highest BCUT2D eigenvalue weighted by atomic mass is 32.2. The van der Waals surface area contributed by atoms with Gasteiger partial charge in [0.05, 0.1) is 12.0 Å². The zero-order valence-electron chi connectivity index (χ0n) is 17.8. The standard InChI is InChI=1S/C17H22N6O9S2/c1-8-12(15(26)23(8)34(29,30)31)20-14(25)13(10-7-33-17(18)19-10)21-32-6-11(24)22-4-2-9(3-5-22)16(27)28/h7-9,12H,2-6H2,1H3,(H2,18,19)(H,20,25)(H,27,28)(H,29,30,31)/b21-13-/t8-,12-/m0/s1. The number of nitrogens with two attached hydrogens (primary N) is 1. The number of carbonyl (C=O) groups is 4. The second-order valence-electron chi connectivity index (χ2n) is 7.58. The molecule has 34 heavy (non-hydrogen) atoms. The van der Waals surface area contributed by atoms with E-state index in [1.165, 1.54) is 17.2 Å². The first-order chi connectivity index (χ1) is 15.9. The normalized spacial score (nSPS) is 21.7. The van der Waals surface area contributed by atoms with Crippen LogP contribution in [0.4, 0.5) is 5.13 Å². The lowest BCUT2D eigenvalue weighted by atomic mass is 9.97. The molecule has 3 amide bonds. The molecule has 0 aliphatic carbocycles. The number of piperidine rings is 1. The highest BCUT2D eigenvalue weighted by molar-refractivity contribution is 7.84. The van der Waals surface area contributed by atoms with Gasteiger partial charge in [-0.1, -0.05) is 5.16 Å². The summed E-state index contributed by atoms with van der Waals surface area (Å²) in [7, 11) is -4.77. The van der Waals surface area contributed by atoms with Crippen LogP contribution in [0.3, 0.4) is 0 Å². The first-order valence-electron chi connectivity index (χ1n) is 9.93. The summed E-state index contributed by atoms with van der Waals surface area (Å²) in [4.78, 5) is 58.6. The first-order valence-corrected chi connectivity index (χ1v) is 12.2. The SMILES string of the molecule is C[C@H]1[C@H](NC(=O)/C(=N\OCC(=O)N2CCC(C(=O)O)CC2)c2csc(N)n2)C(=O)N1S(=O)(=O)O. The Kier molecular flexibility index (Phi) is 7.37. The van der Waals surface area contributed by atoms with E-state index in [1.807, 2.05) is 0 Å². The van der Waals surface area contributed by atoms with E-state index >= 15 is 0 Å². The molecule has 0 saturated carbocycles. The van der Waals surface area contributed by atoms with Gasteiger partial charge in [-0.3, -0.25) is 23.7 Å². The van der Waals surface area contributed by atoms with Crippen molar-refractivity contribution >= 4 is 56.2 Å². The number of nitrogens with one attached hydrogen (secondary N) is 1. The fourth-order valence-electron chi connectivity index (χ4n) is 3.53. The number of hydrogen-bond donors (Lipinski definition) is 4. The van der Waals surface area contributed by atoms with Gasteiger partial charge < -0.3 is 25.9 Å². The number of amides is 3. The molecule has 2 atom stereocenters. The van der Waals surface area contributed by atoms with E-state index in [4.69, 9.17) is 20.2 Å². The molecule has 0 unspecified atom stereocenters. The molecular formula is C17H22N6O9S2. The Morgan fingerprint density at radius 3 is 2.50 bits per heavy atom. The molecule has 2 fully saturated rings. The van der Waals surface area contributed by atoms with Gasteiger partial charge in [0, 0.05) is 18.5 Å². The minimum Gasteiger partial charge on any atom is -0.481 e. The Morgan fingerprint density at radius 1 is 1.35 bits per heavy atom. The number of thiazole rings is 1. The summed E-state index contributed by atoms with van der Waals surface area (Å²) in [6.45, 7) is 1.25. The molecule has 2 saturated heterocycles. The van der Waals surface area contributed by atoms with Gasteiger partial charge in [-0.05, 0) is 19.8 Å². The number of oxime groups is 1. The average Bonchev–Trinajstić information content (AvgIpc) is 3.19. The molecule has 1 aromatic heterocycles. The van der Waals surface area contributed by atoms with Crippen molar-refractivity contribution in [2.75, 3.05) is 25.4 Å². The van der Waals surface area contributed by atoms with Crippen molar-refractivity contribution in [2.45, 2.75) is 31.8 Å². The monoisotopic (exact) mass is 518 g/mol. The number of carboxylic acids is 1. The van der Waals surface area contributed by atoms with Gasteiger partial charge in [0.25, 0.3) is 17.7 Å². The molecule has 3 rings (SSSR count). The van der Waals surface area contributed by atoms with Crippen molar-refractivity contribution in [2.24, 2.45) is 11.1 Å². The third-order valence-electron chi connectivity index (χ3n) is 5.39. The van der Waals surface area contributed by atoms with E-state index in [-0.39, 0.29) is 28.2 Å². The number of carboxylic acid groups (broad SMARTS) is 1. The zero-order chi connectivity index (χ0) is 25.2. The summed E-state index contributed by atoms with van der Waals surface area (Å²) in [5.41, 5.74) is 5.19. The zero-order valence-corrected chi connectivity index (χ0v) is 19.4. The van der Waals surface area contributed by atoms with E-state index in [0.717, 1.165) is 11.3 Å². The summed E-state index contributed by atoms with van der Waals surface area (Å²) in [6.07, 6.45) is 0.620. The van der Waals surface area contributed by atoms with Crippen LogP contribution in [0.15, 0.2) is 10.5 Å². The number of rotatable bonds is 8. The fraction of sp³-hybridized carbons (Fsp3) is 0.529. The van der Waals surface area contributed by atoms with Crippen molar-refractivity contribution in [3.05, 3.63) is 11.1 Å². The van der Waals surface area contributed by atoms with Gasteiger partial charge >= 0.3 is 16.3 Å². The molecule has 0 bridgehead atoms. The summed E-state index contributed by atoms with van der Waals surface area (Å²) in [5.74, 6) is -3.87. The number of carbonyl (C=O) groups excluding carboxylic acids is 3. The van der Waals surface area contributed by atoms with Crippen molar-refractivity contribution in [3.8, 4) is 0 Å². The topological polar surface area (TPSA) is 222 Å². The van der Waals surface area contributed by atoms with Crippen LogP contribution >= 0.6 is 11.3 Å². The van der Waals surface area contributed by atoms with E-state index in [1.54, 1.807) is 0 Å². The Hall–Kier alpha value is -3.31. The molecule has 1 aromatic rings. The van der Waals surface area contributed by atoms with Gasteiger partial charge in [0.1, 0.15) is 11.7 Å². The molecule has 5 N–H and O–H groups in total. The van der Waals surface area contributed by atoms with Crippen LogP contribution in [0.5, 0.6) is 0 Å². The molecule has 2 aliphatic rings. The number of β-lactam (4-membered cyclic amide) rings is 1. The van der Waals surface area contributed by atoms with E-state index in [0.29, 0.717) is 12.8 Å². The summed E-state index contributed by atoms with van der Waals surface area (Å²) in [6, 6.07) is -2.31. The Bertz CT molecular complexity index is 1130. The second-order valence-corrected chi connectivity index (χ2v) is 9.76. The number of nitrogens with zero attached hydrogens (tertiary/aromatic N) is 4. The summed E-state index contributed by atoms with van der Waals surface area (Å²) in [5, 5.41) is 16.5. The minimum atomic E-state index is -4.77. The lowest BCUT2D eigenvalue weighted by Gasteiger charge is -2.42. The smallest absolute Gasteiger partial charge is 0.362 e. The van der Waals surface area contributed by atoms with Crippen LogP contribution in [-0.2, 0) is 34.3 Å². The highest BCUT2D eigenvalue weighted by Crippen LogP contribution is 2.23. The second kappa shape index (κ2) is 9.90. The van der Waals surface area contributed by atoms with Gasteiger partial charge in [0.15, 0.2) is 17.5 Å². The average molecular weight is 519 g/mol. The molecular weight excluding hydrogens is 496 g/mol. The predicted octanol–water partition coefficient (Wildman–Crippen LogP) is -1.71. The Labute approximate surface area is 197 Å². The minimum absolute atomic E-state index is 0.000725. The fourth-order valence-corrected chi connectivity index (χ4v) is 4.96. The number of nitrogen functional groups attached to an aromatic ring is 1. The molecule has 0 aromatic carbocycles. The predicted molar refractivity (Wildman–Crippen MR) is 116 cm³/mol. The third kappa shape index (κ3) is 5.42. The maximum atomic E-state index is 12.7. The summed E-state index contributed by atoms with van der Waals surface area (Å²) >= 11 is 0.998. The Morgan fingerprint density at radius 2 is 2.00 bits per heavy atom. The third-order valence-corrected chi connectivity index (χ3v) is 7.07. The van der Waals surface area contributed by atoms with E-state index in [9.17, 15) is 27.6 Å². The molecule has 15 nitrogen and oxygen atoms in total. The van der Waals surface area contributed by atoms with Crippen molar-refractivity contribution in [1.82, 2.24) is 19.5 Å². The van der Waals surface area contributed by atoms with Gasteiger partial charge in [-0.2, -0.15) is 8.42 Å². The lowest BCUT2D eigenvalue weighted by Crippen LogP contribution is -2.71. The number of hydrogen-bond acceptors (Lipinski definition) is 11. The van der Waals surface area contributed by atoms with Crippen LogP contribution in [0, 0.1) is 5.92 Å². The van der Waals surface area contributed by atoms with Crippen molar-refractivity contribution in [1.29, 1.82) is 0 Å². The highest BCUT2D eigenvalue weighted by Gasteiger charge is 2.51. The molecule has 17 heteroatoms. The van der Waals surface area contributed by atoms with Crippen LogP contribution in [0.1, 0.15) is 25.5 Å². The van der Waals surface area contributed by atoms with Gasteiger partial charge in [0.2, 0.25) is 0 Å². The van der Waals surface area contributed by atoms with Gasteiger partial charge in [-0.25, -0.2) is 9.29 Å². The van der Waals surface area contributed by atoms with Crippen LogP contribution in [-0.4, -0.2) is 93.4 Å². The quantitative estimate of drug-likeness (QED) is 0.131. The molecule has 0 spiro atoms. The molecule has 3 heterocycles. The summed E-state index contributed by atoms with van der Waals surface area (Å²) < 4.78 is 31.7. The van der Waals surface area contributed by atoms with E-state index in [2.05, 4.69) is 15.5 Å². The Balaban J connectivity index is 1.65. The number of aromatic nitrogens is 1.